The molecule has 1 aliphatic heterocycles. The molecule has 0 saturated heterocycles. The van der Waals surface area contributed by atoms with E-state index < -0.39 is 9.84 Å². The molecule has 2 bridgehead atoms. The van der Waals surface area contributed by atoms with E-state index in [1.165, 1.54) is 37.5 Å². The van der Waals surface area contributed by atoms with Crippen LogP contribution in [0.5, 0.6) is 0 Å². The Bertz CT molecular complexity index is 2980. The maximum absolute atomic E-state index is 15.1. The zero-order valence-electron chi connectivity index (χ0n) is 32.4. The molecule has 3 aliphatic rings. The van der Waals surface area contributed by atoms with Crippen LogP contribution in [0.15, 0.2) is 161 Å². The van der Waals surface area contributed by atoms with Crippen molar-refractivity contribution >= 4 is 69.2 Å². The van der Waals surface area contributed by atoms with Crippen molar-refractivity contribution in [1.29, 1.82) is 0 Å². The van der Waals surface area contributed by atoms with Gasteiger partial charge in [-0.15, -0.1) is 11.3 Å². The smallest absolute Gasteiger partial charge is 0.207 e. The molecule has 1 aromatic heterocycles. The molecule has 57 heavy (non-hydrogen) atoms. The van der Waals surface area contributed by atoms with Crippen LogP contribution in [-0.4, -0.2) is 8.42 Å². The molecule has 2 aliphatic carbocycles. The van der Waals surface area contributed by atoms with E-state index in [1.54, 1.807) is 0 Å². The van der Waals surface area contributed by atoms with Gasteiger partial charge >= 0.3 is 0 Å². The standard InChI is InChI=1S/C52H45NO2S2/c1-3-34-28-38-26-33(2)27-39(29-34)52(38)46-19-7-9-21-49(46)57(54,55)50-32-42(24-25-47(50)52)53(41-23-22-35-12-4-5-13-36(35)30-41)40-15-10-14-37(31-40)43-17-11-18-45-44-16-6-8-20-48(44)56-51(43)45/h4-25,30-34,38-39H,3,26-29H2,1-2H3/t33-,34+,38-,39-,52?/m0/s1. The number of sulfone groups is 1. The normalized spacial score (nSPS) is 23.4. The molecule has 0 amide bonds. The average Bonchev–Trinajstić information content (AvgIpc) is 3.62. The van der Waals surface area contributed by atoms with E-state index in [2.05, 4.69) is 152 Å². The Hall–Kier alpha value is -5.23. The number of thiophene rings is 1. The summed E-state index contributed by atoms with van der Waals surface area (Å²) >= 11 is 1.84. The van der Waals surface area contributed by atoms with E-state index in [0.717, 1.165) is 64.8 Å². The zero-order chi connectivity index (χ0) is 38.5. The van der Waals surface area contributed by atoms with Gasteiger partial charge in [0.05, 0.1) is 9.79 Å². The fourth-order valence-electron chi connectivity index (χ4n) is 11.5. The first-order chi connectivity index (χ1) is 27.8. The molecule has 5 heteroatoms. The summed E-state index contributed by atoms with van der Waals surface area (Å²) in [6.07, 6.45) is 5.74. The van der Waals surface area contributed by atoms with E-state index in [9.17, 15) is 0 Å². The lowest BCUT2D eigenvalue weighted by Crippen LogP contribution is -2.54. The Morgan fingerprint density at radius 3 is 2.12 bits per heavy atom. The van der Waals surface area contributed by atoms with Crippen molar-refractivity contribution in [2.75, 3.05) is 4.90 Å². The van der Waals surface area contributed by atoms with E-state index in [0.29, 0.717) is 33.5 Å². The number of anilines is 3. The molecule has 0 radical (unpaired) electrons. The van der Waals surface area contributed by atoms with E-state index >= 15 is 8.42 Å². The largest absolute Gasteiger partial charge is 0.310 e. The van der Waals surface area contributed by atoms with Gasteiger partial charge in [-0.25, -0.2) is 8.42 Å². The van der Waals surface area contributed by atoms with Gasteiger partial charge in [-0.3, -0.25) is 0 Å². The predicted octanol–water partition coefficient (Wildman–Crippen LogP) is 14.3. The highest BCUT2D eigenvalue weighted by Gasteiger charge is 2.59. The molecule has 1 spiro atoms. The van der Waals surface area contributed by atoms with Crippen molar-refractivity contribution in [3.63, 3.8) is 0 Å². The quantitative estimate of drug-likeness (QED) is 0.175. The Morgan fingerprint density at radius 2 is 1.28 bits per heavy atom. The minimum absolute atomic E-state index is 0.315. The fraction of sp³-hybridized carbons (Fsp3) is 0.231. The van der Waals surface area contributed by atoms with Gasteiger partial charge in [0.15, 0.2) is 0 Å². The first-order valence-electron chi connectivity index (χ1n) is 20.6. The monoisotopic (exact) mass is 779 g/mol. The van der Waals surface area contributed by atoms with Crippen LogP contribution in [0.4, 0.5) is 17.1 Å². The summed E-state index contributed by atoms with van der Waals surface area (Å²) < 4.78 is 32.7. The summed E-state index contributed by atoms with van der Waals surface area (Å²) in [5.41, 5.74) is 6.89. The van der Waals surface area contributed by atoms with E-state index in [1.807, 2.05) is 29.5 Å². The minimum atomic E-state index is -3.81. The topological polar surface area (TPSA) is 37.4 Å². The Labute approximate surface area is 339 Å². The summed E-state index contributed by atoms with van der Waals surface area (Å²) in [4.78, 5) is 3.25. The zero-order valence-corrected chi connectivity index (χ0v) is 34.0. The second-order valence-electron chi connectivity index (χ2n) is 17.0. The van der Waals surface area contributed by atoms with Gasteiger partial charge < -0.3 is 4.90 Å². The van der Waals surface area contributed by atoms with Crippen molar-refractivity contribution < 1.29 is 8.42 Å². The summed E-state index contributed by atoms with van der Waals surface area (Å²) in [6.45, 7) is 4.74. The van der Waals surface area contributed by atoms with Gasteiger partial charge in [-0.2, -0.15) is 0 Å². The molecule has 2 heterocycles. The van der Waals surface area contributed by atoms with Crippen LogP contribution < -0.4 is 4.90 Å². The molecule has 0 N–H and O–H groups in total. The summed E-state index contributed by atoms with van der Waals surface area (Å²) in [5, 5.41) is 4.86. The second-order valence-corrected chi connectivity index (χ2v) is 19.9. The van der Waals surface area contributed by atoms with Crippen LogP contribution in [0.2, 0.25) is 0 Å². The van der Waals surface area contributed by atoms with Crippen molar-refractivity contribution in [3.05, 3.63) is 163 Å². The van der Waals surface area contributed by atoms with Gasteiger partial charge in [0.1, 0.15) is 0 Å². The highest BCUT2D eigenvalue weighted by atomic mass is 32.2. The van der Waals surface area contributed by atoms with Gasteiger partial charge in [-0.05, 0) is 131 Å². The summed E-state index contributed by atoms with van der Waals surface area (Å²) in [7, 11) is -3.81. The molecule has 8 aromatic rings. The van der Waals surface area contributed by atoms with E-state index in [4.69, 9.17) is 0 Å². The molecule has 2 atom stereocenters. The Morgan fingerprint density at radius 1 is 0.614 bits per heavy atom. The molecule has 282 valence electrons. The number of nitrogens with zero attached hydrogens (tertiary/aromatic N) is 1. The first kappa shape index (κ1) is 35.0. The fourth-order valence-corrected chi connectivity index (χ4v) is 14.6. The third-order valence-electron chi connectivity index (χ3n) is 13.9. The summed E-state index contributed by atoms with van der Waals surface area (Å²) in [6, 6.07) is 53.5. The molecular weight excluding hydrogens is 735 g/mol. The third-order valence-corrected chi connectivity index (χ3v) is 16.9. The van der Waals surface area contributed by atoms with Crippen LogP contribution in [0.25, 0.3) is 42.1 Å². The van der Waals surface area contributed by atoms with Crippen LogP contribution in [0, 0.1) is 23.7 Å². The van der Waals surface area contributed by atoms with Gasteiger partial charge in [0.25, 0.3) is 0 Å². The molecule has 2 saturated carbocycles. The number of hydrogen-bond acceptors (Lipinski definition) is 4. The minimum Gasteiger partial charge on any atom is -0.310 e. The van der Waals surface area contributed by atoms with Crippen LogP contribution in [0.1, 0.15) is 57.1 Å². The molecule has 7 aromatic carbocycles. The maximum atomic E-state index is 15.1. The Balaban J connectivity index is 1.13. The summed E-state index contributed by atoms with van der Waals surface area (Å²) in [5.74, 6) is 2.11. The molecule has 0 unspecified atom stereocenters. The average molecular weight is 780 g/mol. The van der Waals surface area contributed by atoms with Crippen molar-refractivity contribution in [2.45, 2.75) is 61.2 Å². The highest BCUT2D eigenvalue weighted by molar-refractivity contribution is 7.91. The lowest BCUT2D eigenvalue weighted by Gasteiger charge is -2.59. The number of fused-ring (bicyclic) bond motifs is 6. The third kappa shape index (κ3) is 5.24. The second kappa shape index (κ2) is 13.2. The maximum Gasteiger partial charge on any atom is 0.207 e. The number of benzene rings is 7. The van der Waals surface area contributed by atoms with Crippen molar-refractivity contribution in [3.8, 4) is 11.1 Å². The Kier molecular flexibility index (Phi) is 8.07. The van der Waals surface area contributed by atoms with Gasteiger partial charge in [0.2, 0.25) is 9.84 Å². The molecule has 2 fully saturated rings. The van der Waals surface area contributed by atoms with Gasteiger partial charge in [0, 0.05) is 42.6 Å². The van der Waals surface area contributed by atoms with Crippen molar-refractivity contribution in [1.82, 2.24) is 0 Å². The van der Waals surface area contributed by atoms with Crippen molar-refractivity contribution in [2.24, 2.45) is 23.7 Å². The molecule has 11 rings (SSSR count). The molecular formula is C52H45NO2S2. The molecule has 3 nitrogen and oxygen atoms in total. The highest BCUT2D eigenvalue weighted by Crippen LogP contribution is 2.65. The van der Waals surface area contributed by atoms with E-state index in [-0.39, 0.29) is 5.41 Å². The lowest BCUT2D eigenvalue weighted by molar-refractivity contribution is 0.0173. The lowest BCUT2D eigenvalue weighted by atomic mass is 9.46. The number of hydrogen-bond donors (Lipinski definition) is 0. The van der Waals surface area contributed by atoms with Crippen LogP contribution in [-0.2, 0) is 15.3 Å². The van der Waals surface area contributed by atoms with Gasteiger partial charge in [-0.1, -0.05) is 123 Å². The SMILES string of the molecule is CC[C@H]1C[C@@H]2C[C@@H](C)C[C@@H](C1)C21c2ccccc2S(=O)(=O)c2cc(N(c3cccc(-c4cccc5c4sc4ccccc45)c3)c3ccc4ccccc4c3)ccc21. The predicted molar refractivity (Wildman–Crippen MR) is 238 cm³/mol. The number of rotatable bonds is 5. The van der Waals surface area contributed by atoms with Crippen LogP contribution in [0.3, 0.4) is 0 Å². The first-order valence-corrected chi connectivity index (χ1v) is 22.9. The van der Waals surface area contributed by atoms with Crippen LogP contribution >= 0.6 is 11.3 Å².